The van der Waals surface area contributed by atoms with Crippen molar-refractivity contribution in [2.45, 2.75) is 19.9 Å². The lowest BCUT2D eigenvalue weighted by molar-refractivity contribution is 0.0699. The van der Waals surface area contributed by atoms with Gasteiger partial charge in [-0.15, -0.1) is 0 Å². The summed E-state index contributed by atoms with van der Waals surface area (Å²) in [4.78, 5) is 13.8. The number of carbonyl (C=O) groups is 1. The summed E-state index contributed by atoms with van der Waals surface area (Å²) in [6.45, 7) is 3.69. The van der Waals surface area contributed by atoms with Crippen LogP contribution in [-0.2, 0) is 0 Å². The average Bonchev–Trinajstić information content (AvgIpc) is 2.83. The Labute approximate surface area is 111 Å². The van der Waals surface area contributed by atoms with Crippen LogP contribution in [0.4, 0.5) is 0 Å². The molecule has 0 radical (unpaired) electrons. The van der Waals surface area contributed by atoms with E-state index in [2.05, 4.69) is 5.16 Å². The third-order valence-electron chi connectivity index (χ3n) is 3.22. The molecule has 1 amide bonds. The molecule has 100 valence electrons. The van der Waals surface area contributed by atoms with Gasteiger partial charge in [-0.1, -0.05) is 17.3 Å². The Hall–Kier alpha value is -2.30. The van der Waals surface area contributed by atoms with Crippen LogP contribution in [0, 0.1) is 6.92 Å². The molecular formula is C14H16N2O3. The third kappa shape index (κ3) is 2.59. The average molecular weight is 260 g/mol. The number of aryl methyl sites for hydroxylation is 1. The van der Waals surface area contributed by atoms with E-state index >= 15 is 0 Å². The summed E-state index contributed by atoms with van der Waals surface area (Å²) in [6, 6.07) is 6.65. The normalized spacial score (nSPS) is 12.2. The second-order valence-electron chi connectivity index (χ2n) is 4.52. The fraction of sp³-hybridized carbons (Fsp3) is 0.286. The molecule has 5 nitrogen and oxygen atoms in total. The van der Waals surface area contributed by atoms with Crippen molar-refractivity contribution in [2.75, 3.05) is 7.05 Å². The summed E-state index contributed by atoms with van der Waals surface area (Å²) in [5, 5.41) is 12.9. The molecule has 1 N–H and O–H groups in total. The molecular weight excluding hydrogens is 244 g/mol. The van der Waals surface area contributed by atoms with Gasteiger partial charge in [-0.3, -0.25) is 4.79 Å². The molecule has 1 aromatic carbocycles. The zero-order valence-corrected chi connectivity index (χ0v) is 11.1. The second-order valence-corrected chi connectivity index (χ2v) is 4.52. The van der Waals surface area contributed by atoms with Crippen LogP contribution in [0.15, 0.2) is 35.0 Å². The smallest absolute Gasteiger partial charge is 0.292 e. The van der Waals surface area contributed by atoms with Gasteiger partial charge in [-0.25, -0.2) is 0 Å². The zero-order valence-electron chi connectivity index (χ0n) is 11.1. The number of hydrogen-bond donors (Lipinski definition) is 1. The van der Waals surface area contributed by atoms with Crippen molar-refractivity contribution in [3.8, 4) is 5.75 Å². The number of benzene rings is 1. The number of rotatable bonds is 3. The quantitative estimate of drug-likeness (QED) is 0.920. The molecule has 0 aliphatic carbocycles. The Bertz CT molecular complexity index is 575. The second kappa shape index (κ2) is 5.14. The SMILES string of the molecule is Cc1cnoc1C(=O)N(C)C(C)c1ccc(O)cc1. The van der Waals surface area contributed by atoms with Gasteiger partial charge in [0.25, 0.3) is 5.91 Å². The minimum absolute atomic E-state index is 0.127. The van der Waals surface area contributed by atoms with Crippen molar-refractivity contribution in [3.05, 3.63) is 47.3 Å². The highest BCUT2D eigenvalue weighted by atomic mass is 16.5. The molecule has 2 rings (SSSR count). The molecule has 0 saturated heterocycles. The van der Waals surface area contributed by atoms with Gasteiger partial charge in [-0.2, -0.15) is 0 Å². The number of hydrogen-bond acceptors (Lipinski definition) is 4. The minimum Gasteiger partial charge on any atom is -0.508 e. The lowest BCUT2D eigenvalue weighted by Gasteiger charge is -2.24. The molecule has 5 heteroatoms. The fourth-order valence-corrected chi connectivity index (χ4v) is 1.81. The lowest BCUT2D eigenvalue weighted by Crippen LogP contribution is -2.29. The first-order valence-corrected chi connectivity index (χ1v) is 5.98. The van der Waals surface area contributed by atoms with Crippen LogP contribution in [0.3, 0.4) is 0 Å². The van der Waals surface area contributed by atoms with Crippen molar-refractivity contribution < 1.29 is 14.4 Å². The number of amides is 1. The summed E-state index contributed by atoms with van der Waals surface area (Å²) in [5.74, 6) is 0.250. The van der Waals surface area contributed by atoms with Crippen LogP contribution in [0.1, 0.15) is 34.6 Å². The number of nitrogens with zero attached hydrogens (tertiary/aromatic N) is 2. The van der Waals surface area contributed by atoms with E-state index in [1.807, 2.05) is 6.92 Å². The van der Waals surface area contributed by atoms with Crippen molar-refractivity contribution in [1.29, 1.82) is 0 Å². The number of phenols is 1. The molecule has 0 fully saturated rings. The van der Waals surface area contributed by atoms with E-state index in [-0.39, 0.29) is 23.5 Å². The fourth-order valence-electron chi connectivity index (χ4n) is 1.81. The monoisotopic (exact) mass is 260 g/mol. The molecule has 1 unspecified atom stereocenters. The number of carbonyl (C=O) groups excluding carboxylic acids is 1. The Morgan fingerprint density at radius 3 is 2.53 bits per heavy atom. The molecule has 19 heavy (non-hydrogen) atoms. The van der Waals surface area contributed by atoms with E-state index in [9.17, 15) is 9.90 Å². The molecule has 0 aliphatic heterocycles. The lowest BCUT2D eigenvalue weighted by atomic mass is 10.1. The van der Waals surface area contributed by atoms with E-state index in [4.69, 9.17) is 4.52 Å². The summed E-state index contributed by atoms with van der Waals surface area (Å²) in [6.07, 6.45) is 1.52. The Morgan fingerprint density at radius 1 is 1.37 bits per heavy atom. The van der Waals surface area contributed by atoms with E-state index in [1.165, 1.54) is 6.20 Å². The van der Waals surface area contributed by atoms with Crippen LogP contribution >= 0.6 is 0 Å². The molecule has 0 spiro atoms. The van der Waals surface area contributed by atoms with E-state index in [0.29, 0.717) is 0 Å². The van der Waals surface area contributed by atoms with Crippen molar-refractivity contribution in [3.63, 3.8) is 0 Å². The number of aromatic nitrogens is 1. The van der Waals surface area contributed by atoms with E-state index in [0.717, 1.165) is 11.1 Å². The minimum atomic E-state index is -0.212. The maximum Gasteiger partial charge on any atom is 0.292 e. The summed E-state index contributed by atoms with van der Waals surface area (Å²) < 4.78 is 4.97. The van der Waals surface area contributed by atoms with Gasteiger partial charge in [0.05, 0.1) is 12.2 Å². The van der Waals surface area contributed by atoms with Gasteiger partial charge in [0, 0.05) is 12.6 Å². The molecule has 2 aromatic rings. The van der Waals surface area contributed by atoms with Crippen LogP contribution < -0.4 is 0 Å². The van der Waals surface area contributed by atoms with Gasteiger partial charge in [0.15, 0.2) is 0 Å². The standard InChI is InChI=1S/C14H16N2O3/c1-9-8-15-19-13(9)14(18)16(3)10(2)11-4-6-12(17)7-5-11/h4-8,10,17H,1-3H3. The Kier molecular flexibility index (Phi) is 3.55. The topological polar surface area (TPSA) is 66.6 Å². The van der Waals surface area contributed by atoms with Crippen molar-refractivity contribution in [1.82, 2.24) is 10.1 Å². The molecule has 0 aliphatic rings. The van der Waals surface area contributed by atoms with Crippen molar-refractivity contribution in [2.24, 2.45) is 0 Å². The highest BCUT2D eigenvalue weighted by molar-refractivity contribution is 5.92. The first-order valence-electron chi connectivity index (χ1n) is 5.98. The van der Waals surface area contributed by atoms with E-state index in [1.54, 1.807) is 43.1 Å². The number of aromatic hydroxyl groups is 1. The highest BCUT2D eigenvalue weighted by Crippen LogP contribution is 2.23. The summed E-state index contributed by atoms with van der Waals surface area (Å²) in [5.41, 5.74) is 1.65. The van der Waals surface area contributed by atoms with Crippen LogP contribution in [-0.4, -0.2) is 28.1 Å². The first kappa shape index (κ1) is 13.1. The van der Waals surface area contributed by atoms with Crippen LogP contribution in [0.5, 0.6) is 5.75 Å². The Balaban J connectivity index is 2.19. The summed E-state index contributed by atoms with van der Waals surface area (Å²) >= 11 is 0. The van der Waals surface area contributed by atoms with E-state index < -0.39 is 0 Å². The van der Waals surface area contributed by atoms with Crippen LogP contribution in [0.2, 0.25) is 0 Å². The van der Waals surface area contributed by atoms with Gasteiger partial charge in [0.2, 0.25) is 5.76 Å². The highest BCUT2D eigenvalue weighted by Gasteiger charge is 2.23. The largest absolute Gasteiger partial charge is 0.508 e. The van der Waals surface area contributed by atoms with Gasteiger partial charge < -0.3 is 14.5 Å². The predicted molar refractivity (Wildman–Crippen MR) is 69.9 cm³/mol. The van der Waals surface area contributed by atoms with Crippen molar-refractivity contribution >= 4 is 5.91 Å². The Morgan fingerprint density at radius 2 is 2.00 bits per heavy atom. The molecule has 0 bridgehead atoms. The predicted octanol–water partition coefficient (Wildman–Crippen LogP) is 2.52. The first-order chi connectivity index (χ1) is 9.00. The van der Waals surface area contributed by atoms with Gasteiger partial charge >= 0.3 is 0 Å². The number of phenolic OH excluding ortho intramolecular Hbond substituents is 1. The van der Waals surface area contributed by atoms with Crippen LogP contribution in [0.25, 0.3) is 0 Å². The van der Waals surface area contributed by atoms with Gasteiger partial charge in [-0.05, 0) is 31.5 Å². The molecule has 1 heterocycles. The molecule has 0 saturated carbocycles. The van der Waals surface area contributed by atoms with Gasteiger partial charge in [0.1, 0.15) is 5.75 Å². The molecule has 1 atom stereocenters. The molecule has 1 aromatic heterocycles. The summed E-state index contributed by atoms with van der Waals surface area (Å²) in [7, 11) is 1.71. The zero-order chi connectivity index (χ0) is 14.0. The maximum atomic E-state index is 12.3. The maximum absolute atomic E-state index is 12.3. The third-order valence-corrected chi connectivity index (χ3v) is 3.22.